The number of nitrogens with one attached hydrogen (secondary N) is 2. The minimum absolute atomic E-state index is 0.0230. The summed E-state index contributed by atoms with van der Waals surface area (Å²) in [5.74, 6) is 0. The fourth-order valence-corrected chi connectivity index (χ4v) is 3.85. The number of hydrogen-bond acceptors (Lipinski definition) is 3. The van der Waals surface area contributed by atoms with E-state index in [2.05, 4.69) is 45.6 Å². The van der Waals surface area contributed by atoms with E-state index >= 15 is 0 Å². The summed E-state index contributed by atoms with van der Waals surface area (Å²) in [6.45, 7) is 4.57. The van der Waals surface area contributed by atoms with Crippen molar-refractivity contribution in [2.45, 2.75) is 26.4 Å². The van der Waals surface area contributed by atoms with Crippen LogP contribution < -0.4 is 5.32 Å². The topological polar surface area (TPSA) is 73.9 Å². The normalized spacial score (nSPS) is 14.6. The van der Waals surface area contributed by atoms with Gasteiger partial charge in [-0.1, -0.05) is 30.3 Å². The second-order valence-electron chi connectivity index (χ2n) is 7.46. The highest BCUT2D eigenvalue weighted by Gasteiger charge is 2.28. The Labute approximate surface area is 168 Å². The lowest BCUT2D eigenvalue weighted by Gasteiger charge is -2.34. The molecule has 0 saturated carbocycles. The number of rotatable bonds is 3. The van der Waals surface area contributed by atoms with Crippen LogP contribution in [0.5, 0.6) is 0 Å². The van der Waals surface area contributed by atoms with Gasteiger partial charge >= 0.3 is 6.03 Å². The molecule has 144 valence electrons. The molecule has 6 nitrogen and oxygen atoms in total. The number of amides is 2. The first-order valence-corrected chi connectivity index (χ1v) is 9.67. The molecule has 1 atom stereocenters. The Bertz CT molecular complexity index is 1200. The van der Waals surface area contributed by atoms with Crippen LogP contribution in [-0.2, 0) is 6.54 Å². The van der Waals surface area contributed by atoms with Crippen LogP contribution >= 0.6 is 0 Å². The van der Waals surface area contributed by atoms with E-state index < -0.39 is 0 Å². The third-order valence-corrected chi connectivity index (χ3v) is 5.56. The number of hydrogen-bond donors (Lipinski definition) is 2. The molecular weight excluding hydrogens is 362 g/mol. The fourth-order valence-electron chi connectivity index (χ4n) is 3.85. The van der Waals surface area contributed by atoms with Gasteiger partial charge in [0.2, 0.25) is 0 Å². The number of aromatic amines is 1. The van der Waals surface area contributed by atoms with E-state index in [9.17, 15) is 4.79 Å². The zero-order valence-electron chi connectivity index (χ0n) is 16.3. The molecule has 2 aromatic carbocycles. The smallest absolute Gasteiger partial charge is 0.313 e. The molecule has 0 spiro atoms. The van der Waals surface area contributed by atoms with Gasteiger partial charge in [0.05, 0.1) is 18.1 Å². The van der Waals surface area contributed by atoms with E-state index in [0.717, 1.165) is 44.7 Å². The van der Waals surface area contributed by atoms with Crippen molar-refractivity contribution >= 4 is 22.6 Å². The molecule has 0 radical (unpaired) electrons. The largest absolute Gasteiger partial charge is 0.322 e. The van der Waals surface area contributed by atoms with Gasteiger partial charge < -0.3 is 10.2 Å². The Morgan fingerprint density at radius 1 is 1.10 bits per heavy atom. The fraction of sp³-hybridized carbons (Fsp3) is 0.174. The average molecular weight is 383 g/mol. The summed E-state index contributed by atoms with van der Waals surface area (Å²) < 4.78 is 0. The first-order chi connectivity index (χ1) is 14.1. The SMILES string of the molecule is Cc1ccc(-c2n[nH]c3cc4c(cc23)CN([C@H](C)c2ccccc2)C(=O)N4)cn1. The van der Waals surface area contributed by atoms with Crippen molar-refractivity contribution in [2.24, 2.45) is 0 Å². The highest BCUT2D eigenvalue weighted by molar-refractivity contribution is 6.00. The number of fused-ring (bicyclic) bond motifs is 2. The first-order valence-electron chi connectivity index (χ1n) is 9.67. The molecule has 0 saturated heterocycles. The summed E-state index contributed by atoms with van der Waals surface area (Å²) in [7, 11) is 0. The summed E-state index contributed by atoms with van der Waals surface area (Å²) in [4.78, 5) is 19.0. The van der Waals surface area contributed by atoms with Gasteiger partial charge in [-0.2, -0.15) is 5.10 Å². The molecular formula is C23H21N5O. The third-order valence-electron chi connectivity index (χ3n) is 5.56. The van der Waals surface area contributed by atoms with Crippen LogP contribution in [-0.4, -0.2) is 26.1 Å². The van der Waals surface area contributed by atoms with Crippen molar-refractivity contribution < 1.29 is 4.79 Å². The van der Waals surface area contributed by atoms with E-state index in [1.807, 2.05) is 54.4 Å². The number of aryl methyl sites for hydroxylation is 1. The minimum Gasteiger partial charge on any atom is -0.313 e. The van der Waals surface area contributed by atoms with Crippen LogP contribution in [0.1, 0.15) is 29.8 Å². The minimum atomic E-state index is -0.0873. The third kappa shape index (κ3) is 3.02. The summed E-state index contributed by atoms with van der Waals surface area (Å²) in [5, 5.41) is 11.6. The quantitative estimate of drug-likeness (QED) is 0.520. The van der Waals surface area contributed by atoms with Gasteiger partial charge in [0, 0.05) is 28.5 Å². The molecule has 2 amide bonds. The molecule has 29 heavy (non-hydrogen) atoms. The standard InChI is InChI=1S/C23H21N5O/c1-14-8-9-17(12-24-14)22-19-10-18-13-28(15(2)16-6-4-3-5-7-16)23(29)25-20(18)11-21(19)26-27-22/h3-12,15H,13H2,1-2H3,(H,25,29)(H,26,27)/t15-/m1/s1. The number of aromatic nitrogens is 3. The van der Waals surface area contributed by atoms with Crippen LogP contribution in [0.3, 0.4) is 0 Å². The molecule has 1 aliphatic heterocycles. The van der Waals surface area contributed by atoms with E-state index in [-0.39, 0.29) is 12.1 Å². The lowest BCUT2D eigenvalue weighted by atomic mass is 10.0. The number of urea groups is 1. The van der Waals surface area contributed by atoms with Crippen LogP contribution in [0.4, 0.5) is 10.5 Å². The Morgan fingerprint density at radius 2 is 1.93 bits per heavy atom. The number of carbonyl (C=O) groups excluding carboxylic acids is 1. The Morgan fingerprint density at radius 3 is 2.69 bits per heavy atom. The van der Waals surface area contributed by atoms with Gasteiger partial charge in [0.1, 0.15) is 5.69 Å². The van der Waals surface area contributed by atoms with Gasteiger partial charge in [0.25, 0.3) is 0 Å². The number of anilines is 1. The first kappa shape index (κ1) is 17.4. The zero-order valence-corrected chi connectivity index (χ0v) is 16.3. The molecule has 2 N–H and O–H groups in total. The van der Waals surface area contributed by atoms with Crippen LogP contribution in [0.15, 0.2) is 60.8 Å². The molecule has 2 aromatic heterocycles. The molecule has 4 aromatic rings. The lowest BCUT2D eigenvalue weighted by Crippen LogP contribution is -2.40. The molecule has 5 rings (SSSR count). The van der Waals surface area contributed by atoms with Gasteiger partial charge in [-0.05, 0) is 49.2 Å². The molecule has 6 heteroatoms. The second kappa shape index (κ2) is 6.74. The summed E-state index contributed by atoms with van der Waals surface area (Å²) in [6, 6.07) is 18.1. The monoisotopic (exact) mass is 383 g/mol. The summed E-state index contributed by atoms with van der Waals surface area (Å²) >= 11 is 0. The summed E-state index contributed by atoms with van der Waals surface area (Å²) in [5.41, 5.74) is 6.72. The van der Waals surface area contributed by atoms with Crippen LogP contribution in [0.25, 0.3) is 22.2 Å². The molecule has 0 unspecified atom stereocenters. The van der Waals surface area contributed by atoms with Gasteiger partial charge in [-0.15, -0.1) is 0 Å². The van der Waals surface area contributed by atoms with Crippen molar-refractivity contribution in [3.63, 3.8) is 0 Å². The zero-order chi connectivity index (χ0) is 20.0. The molecule has 0 fully saturated rings. The number of H-pyrrole nitrogens is 1. The average Bonchev–Trinajstić information content (AvgIpc) is 3.15. The lowest BCUT2D eigenvalue weighted by molar-refractivity contribution is 0.186. The van der Waals surface area contributed by atoms with Crippen molar-refractivity contribution in [1.29, 1.82) is 0 Å². The Balaban J connectivity index is 1.54. The number of carbonyl (C=O) groups is 1. The van der Waals surface area contributed by atoms with Crippen molar-refractivity contribution in [3.05, 3.63) is 77.6 Å². The van der Waals surface area contributed by atoms with E-state index in [1.165, 1.54) is 0 Å². The molecule has 0 bridgehead atoms. The van der Waals surface area contributed by atoms with Crippen molar-refractivity contribution in [1.82, 2.24) is 20.1 Å². The predicted molar refractivity (Wildman–Crippen MR) is 113 cm³/mol. The van der Waals surface area contributed by atoms with Crippen molar-refractivity contribution in [3.8, 4) is 11.3 Å². The van der Waals surface area contributed by atoms with Gasteiger partial charge in [0.15, 0.2) is 0 Å². The van der Waals surface area contributed by atoms with E-state index in [0.29, 0.717) is 6.54 Å². The maximum absolute atomic E-state index is 12.7. The van der Waals surface area contributed by atoms with E-state index in [4.69, 9.17) is 0 Å². The van der Waals surface area contributed by atoms with Gasteiger partial charge in [-0.3, -0.25) is 10.1 Å². The summed E-state index contributed by atoms with van der Waals surface area (Å²) in [6.07, 6.45) is 1.84. The number of pyridine rings is 1. The highest BCUT2D eigenvalue weighted by atomic mass is 16.2. The van der Waals surface area contributed by atoms with Crippen LogP contribution in [0.2, 0.25) is 0 Å². The number of benzene rings is 2. The Kier molecular flexibility index (Phi) is 4.05. The number of nitrogens with zero attached hydrogens (tertiary/aromatic N) is 3. The maximum atomic E-state index is 12.7. The second-order valence-corrected chi connectivity index (χ2v) is 7.46. The molecule has 3 heterocycles. The van der Waals surface area contributed by atoms with Gasteiger partial charge in [-0.25, -0.2) is 4.79 Å². The van der Waals surface area contributed by atoms with Crippen LogP contribution in [0, 0.1) is 6.92 Å². The van der Waals surface area contributed by atoms with Crippen molar-refractivity contribution in [2.75, 3.05) is 5.32 Å². The molecule has 1 aliphatic rings. The van der Waals surface area contributed by atoms with E-state index in [1.54, 1.807) is 0 Å². The highest BCUT2D eigenvalue weighted by Crippen LogP contribution is 2.35. The molecule has 0 aliphatic carbocycles. The maximum Gasteiger partial charge on any atom is 0.322 e. The predicted octanol–water partition coefficient (Wildman–Crippen LogP) is 5.04. The Hall–Kier alpha value is -3.67.